The first kappa shape index (κ1) is 22.4. The van der Waals surface area contributed by atoms with Crippen LogP contribution in [0.25, 0.3) is 10.9 Å². The molecule has 1 fully saturated rings. The molecule has 1 amide bonds. The zero-order valence-electron chi connectivity index (χ0n) is 16.5. The number of carbonyl (C=O) groups excluding carboxylic acids is 1. The van der Waals surface area contributed by atoms with Gasteiger partial charge in [-0.2, -0.15) is 10.2 Å². The van der Waals surface area contributed by atoms with Gasteiger partial charge in [-0.25, -0.2) is 18.6 Å². The summed E-state index contributed by atoms with van der Waals surface area (Å²) in [5.74, 6) is -1.44. The van der Waals surface area contributed by atoms with E-state index in [1.807, 2.05) is 0 Å². The molecule has 160 valence electrons. The number of piperazine rings is 1. The number of anilines is 1. The van der Waals surface area contributed by atoms with E-state index in [0.717, 1.165) is 6.07 Å². The number of benzene rings is 1. The summed E-state index contributed by atoms with van der Waals surface area (Å²) in [6.45, 7) is 6.05. The predicted molar refractivity (Wildman–Crippen MR) is 111 cm³/mol. The number of amides is 1. The Hall–Kier alpha value is -2.25. The van der Waals surface area contributed by atoms with Gasteiger partial charge in [0.05, 0.1) is 23.0 Å². The van der Waals surface area contributed by atoms with Crippen LogP contribution in [0.4, 0.5) is 19.4 Å². The zero-order chi connectivity index (χ0) is 22.2. The molecular formula is C19H19BrClF2N5O2. The lowest BCUT2D eigenvalue weighted by Crippen LogP contribution is -2.56. The third kappa shape index (κ3) is 4.57. The molecule has 0 radical (unpaired) electrons. The minimum atomic E-state index is -0.878. The molecule has 7 nitrogen and oxygen atoms in total. The fourth-order valence-electron chi connectivity index (χ4n) is 3.26. The van der Waals surface area contributed by atoms with Crippen LogP contribution >= 0.6 is 27.5 Å². The minimum Gasteiger partial charge on any atom is -0.444 e. The van der Waals surface area contributed by atoms with E-state index in [-0.39, 0.29) is 46.0 Å². The van der Waals surface area contributed by atoms with Crippen molar-refractivity contribution in [3.8, 4) is 6.07 Å². The Bertz CT molecular complexity index is 1040. The molecule has 1 aliphatic heterocycles. The highest BCUT2D eigenvalue weighted by atomic mass is 79.9. The topological polar surface area (TPSA) is 82.3 Å². The lowest BCUT2D eigenvalue weighted by molar-refractivity contribution is 0.0145. The van der Waals surface area contributed by atoms with E-state index < -0.39 is 29.4 Å². The first-order valence-corrected chi connectivity index (χ1v) is 10.3. The molecule has 0 spiro atoms. The molecule has 1 aliphatic rings. The van der Waals surface area contributed by atoms with Crippen molar-refractivity contribution in [2.45, 2.75) is 38.8 Å². The van der Waals surface area contributed by atoms with E-state index in [1.165, 1.54) is 4.90 Å². The van der Waals surface area contributed by atoms with E-state index in [0.29, 0.717) is 6.54 Å². The van der Waals surface area contributed by atoms with Gasteiger partial charge in [0.1, 0.15) is 22.8 Å². The number of halogens is 4. The number of hydrogen-bond acceptors (Lipinski definition) is 6. The van der Waals surface area contributed by atoms with Crippen LogP contribution in [0.2, 0.25) is 5.28 Å². The Labute approximate surface area is 185 Å². The predicted octanol–water partition coefficient (Wildman–Crippen LogP) is 4.66. The monoisotopic (exact) mass is 501 g/mol. The van der Waals surface area contributed by atoms with Crippen molar-refractivity contribution in [2.75, 3.05) is 24.5 Å². The van der Waals surface area contributed by atoms with Crippen molar-refractivity contribution >= 4 is 50.3 Å². The average Bonchev–Trinajstić information content (AvgIpc) is 2.65. The van der Waals surface area contributed by atoms with Crippen LogP contribution in [0, 0.1) is 23.0 Å². The molecule has 0 aliphatic carbocycles. The average molecular weight is 503 g/mol. The van der Waals surface area contributed by atoms with Crippen molar-refractivity contribution < 1.29 is 18.3 Å². The molecule has 1 atom stereocenters. The molecule has 1 aromatic heterocycles. The van der Waals surface area contributed by atoms with Crippen molar-refractivity contribution in [3.63, 3.8) is 0 Å². The summed E-state index contributed by atoms with van der Waals surface area (Å²) in [6.07, 6.45) is -0.463. The second-order valence-electron chi connectivity index (χ2n) is 7.83. The Morgan fingerprint density at radius 3 is 2.73 bits per heavy atom. The number of carbonyl (C=O) groups is 1. The summed E-state index contributed by atoms with van der Waals surface area (Å²) in [5, 5.41) is 9.19. The van der Waals surface area contributed by atoms with Gasteiger partial charge in [-0.1, -0.05) is 0 Å². The maximum Gasteiger partial charge on any atom is 0.410 e. The zero-order valence-corrected chi connectivity index (χ0v) is 18.9. The van der Waals surface area contributed by atoms with Crippen molar-refractivity contribution in [2.24, 2.45) is 0 Å². The van der Waals surface area contributed by atoms with Crippen LogP contribution in [-0.4, -0.2) is 52.2 Å². The quantitative estimate of drug-likeness (QED) is 0.439. The summed E-state index contributed by atoms with van der Waals surface area (Å²) in [7, 11) is 0. The molecule has 11 heteroatoms. The van der Waals surface area contributed by atoms with Crippen LogP contribution < -0.4 is 4.90 Å². The van der Waals surface area contributed by atoms with Crippen LogP contribution in [0.15, 0.2) is 10.5 Å². The van der Waals surface area contributed by atoms with E-state index in [9.17, 15) is 18.8 Å². The molecule has 0 bridgehead atoms. The van der Waals surface area contributed by atoms with E-state index in [2.05, 4.69) is 32.0 Å². The fraction of sp³-hybridized carbons (Fsp3) is 0.474. The number of ether oxygens (including phenoxy) is 1. The van der Waals surface area contributed by atoms with Crippen LogP contribution in [0.5, 0.6) is 0 Å². The van der Waals surface area contributed by atoms with Gasteiger partial charge in [-0.15, -0.1) is 0 Å². The molecule has 3 rings (SSSR count). The SMILES string of the molecule is CC(C)(C)OC(=O)N1CCN(c2nc(Cl)nc3c(F)c(Br)c(F)cc23)C[C@@H]1CC#N. The number of fused-ring (bicyclic) bond motifs is 1. The second-order valence-corrected chi connectivity index (χ2v) is 8.97. The van der Waals surface area contributed by atoms with Gasteiger partial charge in [0, 0.05) is 25.0 Å². The van der Waals surface area contributed by atoms with Gasteiger partial charge in [-0.3, -0.25) is 0 Å². The number of nitriles is 1. The number of rotatable bonds is 2. The molecule has 0 saturated carbocycles. The maximum absolute atomic E-state index is 14.5. The number of aromatic nitrogens is 2. The molecule has 30 heavy (non-hydrogen) atoms. The summed E-state index contributed by atoms with van der Waals surface area (Å²) < 4.78 is 33.8. The van der Waals surface area contributed by atoms with Gasteiger partial charge in [0.2, 0.25) is 5.28 Å². The van der Waals surface area contributed by atoms with Gasteiger partial charge in [0.15, 0.2) is 5.82 Å². The molecule has 0 unspecified atom stereocenters. The maximum atomic E-state index is 14.5. The summed E-state index contributed by atoms with van der Waals surface area (Å²) in [6, 6.07) is 2.71. The van der Waals surface area contributed by atoms with Gasteiger partial charge in [-0.05, 0) is 54.4 Å². The van der Waals surface area contributed by atoms with Crippen LogP contribution in [-0.2, 0) is 4.74 Å². The van der Waals surface area contributed by atoms with Crippen molar-refractivity contribution in [1.29, 1.82) is 5.26 Å². The molecular weight excluding hydrogens is 484 g/mol. The standard InChI is InChI=1S/C19H19BrClF2N5O2/c1-19(2,3)30-18(29)28-7-6-27(9-10(28)4-5-24)16-11-8-12(22)13(20)14(23)15(11)25-17(21)26-16/h8,10H,4,6-7,9H2,1-3H3/t10-/m0/s1. The highest BCUT2D eigenvalue weighted by molar-refractivity contribution is 9.10. The van der Waals surface area contributed by atoms with Gasteiger partial charge >= 0.3 is 6.09 Å². The molecule has 1 aromatic carbocycles. The highest BCUT2D eigenvalue weighted by Crippen LogP contribution is 2.34. The molecule has 0 N–H and O–H groups in total. The first-order chi connectivity index (χ1) is 14.0. The third-order valence-electron chi connectivity index (χ3n) is 4.52. The third-order valence-corrected chi connectivity index (χ3v) is 5.41. The minimum absolute atomic E-state index is 0.0563. The van der Waals surface area contributed by atoms with Gasteiger partial charge < -0.3 is 14.5 Å². The number of hydrogen-bond donors (Lipinski definition) is 0. The van der Waals surface area contributed by atoms with E-state index >= 15 is 0 Å². The Kier molecular flexibility index (Phi) is 6.34. The van der Waals surface area contributed by atoms with E-state index in [1.54, 1.807) is 25.7 Å². The molecule has 2 heterocycles. The summed E-state index contributed by atoms with van der Waals surface area (Å²) >= 11 is 8.86. The normalized spacial score (nSPS) is 17.2. The molecule has 1 saturated heterocycles. The lowest BCUT2D eigenvalue weighted by atomic mass is 10.1. The summed E-state index contributed by atoms with van der Waals surface area (Å²) in [5.41, 5.74) is -0.797. The Balaban J connectivity index is 1.97. The summed E-state index contributed by atoms with van der Waals surface area (Å²) in [4.78, 5) is 23.9. The van der Waals surface area contributed by atoms with Crippen molar-refractivity contribution in [1.82, 2.24) is 14.9 Å². The second kappa shape index (κ2) is 8.47. The highest BCUT2D eigenvalue weighted by Gasteiger charge is 2.34. The lowest BCUT2D eigenvalue weighted by Gasteiger charge is -2.41. The molecule has 2 aromatic rings. The van der Waals surface area contributed by atoms with Gasteiger partial charge in [0.25, 0.3) is 0 Å². The van der Waals surface area contributed by atoms with Crippen LogP contribution in [0.3, 0.4) is 0 Å². The fourth-order valence-corrected chi connectivity index (χ4v) is 3.73. The first-order valence-electron chi connectivity index (χ1n) is 9.14. The van der Waals surface area contributed by atoms with Crippen LogP contribution in [0.1, 0.15) is 27.2 Å². The Morgan fingerprint density at radius 2 is 2.10 bits per heavy atom. The van der Waals surface area contributed by atoms with Crippen molar-refractivity contribution in [3.05, 3.63) is 27.5 Å². The van der Waals surface area contributed by atoms with E-state index in [4.69, 9.17) is 16.3 Å². The largest absolute Gasteiger partial charge is 0.444 e. The smallest absolute Gasteiger partial charge is 0.410 e. The Morgan fingerprint density at radius 1 is 1.40 bits per heavy atom. The number of nitrogens with zero attached hydrogens (tertiary/aromatic N) is 5.